The predicted octanol–water partition coefficient (Wildman–Crippen LogP) is 12.5. The Morgan fingerprint density at radius 1 is 0.388 bits per heavy atom. The van der Waals surface area contributed by atoms with Gasteiger partial charge in [0.25, 0.3) is 0 Å². The summed E-state index contributed by atoms with van der Waals surface area (Å²) in [6, 6.07) is 50.1. The molecule has 49 heavy (non-hydrogen) atoms. The molecule has 10 aromatic rings. The number of rotatable bonds is 3. The first-order valence-corrected chi connectivity index (χ1v) is 16.1. The standard InChI is InChI=1S/C44H24N4O/c1-45-29-15-18-41-35(24-29)36-25-30(46-2)16-19-42(36)47(41)31-9-7-8-27(22-31)28-14-20-43-37(23-28)38-26-32(17-21-44(38)49-43)48-39-12-5-3-10-33(39)34-11-4-6-13-40(34)48/h3-26H. The van der Waals surface area contributed by atoms with Gasteiger partial charge in [0.05, 0.1) is 35.2 Å². The molecule has 0 fully saturated rings. The summed E-state index contributed by atoms with van der Waals surface area (Å²) in [5, 5.41) is 6.53. The molecule has 0 aliphatic carbocycles. The molecule has 3 aromatic heterocycles. The SMILES string of the molecule is [C-]#[N+]c1ccc2c(c1)c1cc([N+]#[C-])ccc1n2-c1cccc(-c2ccc3oc4ccc(-n5c6ccccc6c6ccccc65)cc4c3c2)c1. The Morgan fingerprint density at radius 3 is 1.55 bits per heavy atom. The Morgan fingerprint density at radius 2 is 0.918 bits per heavy atom. The van der Waals surface area contributed by atoms with Crippen molar-refractivity contribution in [3.63, 3.8) is 0 Å². The molecular formula is C44H24N4O. The van der Waals surface area contributed by atoms with Gasteiger partial charge in [0.15, 0.2) is 11.4 Å². The molecule has 5 nitrogen and oxygen atoms in total. The molecule has 0 atom stereocenters. The third-order valence-electron chi connectivity index (χ3n) is 9.72. The Balaban J connectivity index is 1.14. The van der Waals surface area contributed by atoms with Gasteiger partial charge in [0, 0.05) is 32.9 Å². The van der Waals surface area contributed by atoms with Crippen LogP contribution in [0.1, 0.15) is 0 Å². The fraction of sp³-hybridized carbons (Fsp3) is 0. The summed E-state index contributed by atoms with van der Waals surface area (Å²) >= 11 is 0. The number of hydrogen-bond acceptors (Lipinski definition) is 1. The van der Waals surface area contributed by atoms with E-state index in [-0.39, 0.29) is 0 Å². The Labute approximate surface area is 280 Å². The summed E-state index contributed by atoms with van der Waals surface area (Å²) in [7, 11) is 0. The molecule has 0 saturated heterocycles. The molecule has 0 aliphatic heterocycles. The van der Waals surface area contributed by atoms with Crippen LogP contribution < -0.4 is 0 Å². The van der Waals surface area contributed by atoms with Crippen LogP contribution in [0.4, 0.5) is 11.4 Å². The van der Waals surface area contributed by atoms with Crippen LogP contribution in [0.15, 0.2) is 150 Å². The van der Waals surface area contributed by atoms with E-state index in [1.807, 2.05) is 36.4 Å². The molecule has 0 aliphatic rings. The van der Waals surface area contributed by atoms with E-state index in [1.54, 1.807) is 0 Å². The van der Waals surface area contributed by atoms with E-state index in [1.165, 1.54) is 21.8 Å². The molecule has 10 rings (SSSR count). The minimum atomic E-state index is 0.579. The lowest BCUT2D eigenvalue weighted by Gasteiger charge is -2.11. The van der Waals surface area contributed by atoms with Gasteiger partial charge in [-0.1, -0.05) is 66.7 Å². The van der Waals surface area contributed by atoms with Gasteiger partial charge < -0.3 is 13.6 Å². The number of para-hydroxylation sites is 2. The summed E-state index contributed by atoms with van der Waals surface area (Å²) in [6.07, 6.45) is 0. The van der Waals surface area contributed by atoms with E-state index < -0.39 is 0 Å². The number of furan rings is 1. The average Bonchev–Trinajstić information content (AvgIpc) is 3.81. The molecule has 0 unspecified atom stereocenters. The van der Waals surface area contributed by atoms with Crippen LogP contribution in [-0.2, 0) is 0 Å². The van der Waals surface area contributed by atoms with E-state index in [9.17, 15) is 0 Å². The van der Waals surface area contributed by atoms with Gasteiger partial charge in [0.1, 0.15) is 11.2 Å². The summed E-state index contributed by atoms with van der Waals surface area (Å²) in [5.74, 6) is 0. The minimum Gasteiger partial charge on any atom is -0.456 e. The van der Waals surface area contributed by atoms with Gasteiger partial charge in [-0.2, -0.15) is 0 Å². The van der Waals surface area contributed by atoms with Gasteiger partial charge in [-0.15, -0.1) is 0 Å². The second-order valence-electron chi connectivity index (χ2n) is 12.4. The first-order valence-electron chi connectivity index (χ1n) is 16.1. The quantitative estimate of drug-likeness (QED) is 0.180. The zero-order valence-electron chi connectivity index (χ0n) is 26.1. The maximum absolute atomic E-state index is 7.57. The first kappa shape index (κ1) is 27.1. The second kappa shape index (κ2) is 10.2. The molecule has 0 N–H and O–H groups in total. The molecule has 0 spiro atoms. The highest BCUT2D eigenvalue weighted by atomic mass is 16.3. The second-order valence-corrected chi connectivity index (χ2v) is 12.4. The van der Waals surface area contributed by atoms with Gasteiger partial charge in [-0.05, 0) is 101 Å². The third kappa shape index (κ3) is 3.97. The fourth-order valence-electron chi connectivity index (χ4n) is 7.53. The van der Waals surface area contributed by atoms with Gasteiger partial charge in [0.2, 0.25) is 0 Å². The van der Waals surface area contributed by atoms with E-state index in [0.717, 1.165) is 66.2 Å². The number of benzene rings is 7. The lowest BCUT2D eigenvalue weighted by Crippen LogP contribution is -1.94. The highest BCUT2D eigenvalue weighted by Crippen LogP contribution is 2.39. The van der Waals surface area contributed by atoms with E-state index in [2.05, 4.69) is 128 Å². The lowest BCUT2D eigenvalue weighted by atomic mass is 10.0. The molecule has 226 valence electrons. The largest absolute Gasteiger partial charge is 0.456 e. The third-order valence-corrected chi connectivity index (χ3v) is 9.72. The van der Waals surface area contributed by atoms with Crippen molar-refractivity contribution < 1.29 is 4.42 Å². The monoisotopic (exact) mass is 624 g/mol. The molecule has 3 heterocycles. The number of aromatic nitrogens is 2. The van der Waals surface area contributed by atoms with Crippen molar-refractivity contribution >= 4 is 76.9 Å². The normalized spacial score (nSPS) is 11.6. The molecule has 0 bridgehead atoms. The van der Waals surface area contributed by atoms with Crippen LogP contribution in [0.25, 0.3) is 97.7 Å². The van der Waals surface area contributed by atoms with Crippen LogP contribution in [0, 0.1) is 13.1 Å². The maximum Gasteiger partial charge on any atom is 0.188 e. The Hall–Kier alpha value is -7.08. The van der Waals surface area contributed by atoms with Crippen LogP contribution in [0.2, 0.25) is 0 Å². The van der Waals surface area contributed by atoms with Crippen LogP contribution in [0.3, 0.4) is 0 Å². The van der Waals surface area contributed by atoms with Crippen molar-refractivity contribution in [3.8, 4) is 22.5 Å². The molecular weight excluding hydrogens is 601 g/mol. The molecule has 5 heteroatoms. The van der Waals surface area contributed by atoms with Crippen molar-refractivity contribution in [2.24, 2.45) is 0 Å². The van der Waals surface area contributed by atoms with Crippen LogP contribution >= 0.6 is 0 Å². The van der Waals surface area contributed by atoms with Crippen LogP contribution in [-0.4, -0.2) is 9.13 Å². The highest BCUT2D eigenvalue weighted by molar-refractivity contribution is 6.12. The van der Waals surface area contributed by atoms with Gasteiger partial charge >= 0.3 is 0 Å². The molecule has 7 aromatic carbocycles. The summed E-state index contributed by atoms with van der Waals surface area (Å²) < 4.78 is 10.9. The predicted molar refractivity (Wildman–Crippen MR) is 200 cm³/mol. The zero-order chi connectivity index (χ0) is 32.6. The molecule has 0 amide bonds. The highest BCUT2D eigenvalue weighted by Gasteiger charge is 2.17. The fourth-order valence-corrected chi connectivity index (χ4v) is 7.53. The van der Waals surface area contributed by atoms with E-state index in [4.69, 9.17) is 17.6 Å². The van der Waals surface area contributed by atoms with Crippen molar-refractivity contribution in [2.75, 3.05) is 0 Å². The minimum absolute atomic E-state index is 0.579. The van der Waals surface area contributed by atoms with Crippen molar-refractivity contribution in [2.45, 2.75) is 0 Å². The summed E-state index contributed by atoms with van der Waals surface area (Å²) in [5.41, 5.74) is 11.5. The Bertz CT molecular complexity index is 2960. The van der Waals surface area contributed by atoms with Crippen molar-refractivity contribution in [1.82, 2.24) is 9.13 Å². The van der Waals surface area contributed by atoms with Crippen LogP contribution in [0.5, 0.6) is 0 Å². The van der Waals surface area contributed by atoms with Gasteiger partial charge in [-0.3, -0.25) is 0 Å². The number of nitrogens with zero attached hydrogens (tertiary/aromatic N) is 4. The number of hydrogen-bond donors (Lipinski definition) is 0. The van der Waals surface area contributed by atoms with E-state index in [0.29, 0.717) is 11.4 Å². The zero-order valence-corrected chi connectivity index (χ0v) is 26.1. The Kier molecular flexibility index (Phi) is 5.64. The first-order chi connectivity index (χ1) is 24.2. The van der Waals surface area contributed by atoms with Crippen molar-refractivity contribution in [3.05, 3.63) is 168 Å². The van der Waals surface area contributed by atoms with E-state index >= 15 is 0 Å². The van der Waals surface area contributed by atoms with Gasteiger partial charge in [-0.25, -0.2) is 9.69 Å². The summed E-state index contributed by atoms with van der Waals surface area (Å²) in [4.78, 5) is 7.33. The topological polar surface area (TPSA) is 31.7 Å². The maximum atomic E-state index is 7.57. The average molecular weight is 625 g/mol. The lowest BCUT2D eigenvalue weighted by molar-refractivity contribution is 0.669. The molecule has 0 radical (unpaired) electrons. The van der Waals surface area contributed by atoms with Crippen molar-refractivity contribution in [1.29, 1.82) is 0 Å². The summed E-state index contributed by atoms with van der Waals surface area (Å²) in [6.45, 7) is 15.1. The number of fused-ring (bicyclic) bond motifs is 9. The molecule has 0 saturated carbocycles. The smallest absolute Gasteiger partial charge is 0.188 e.